The third-order valence-electron chi connectivity index (χ3n) is 1.27. The Bertz CT molecular complexity index is 304. The highest BCUT2D eigenvalue weighted by atomic mass is 79.9. The molecule has 0 saturated heterocycles. The summed E-state index contributed by atoms with van der Waals surface area (Å²) < 4.78 is 15.4. The molecule has 0 amide bonds. The maximum absolute atomic E-state index is 4.92. The lowest BCUT2D eigenvalue weighted by Gasteiger charge is -2.08. The smallest absolute Gasteiger partial charge is 0.224 e. The van der Waals surface area contributed by atoms with Gasteiger partial charge >= 0.3 is 0 Å². The first-order chi connectivity index (χ1) is 6.24. The predicted octanol–water partition coefficient (Wildman–Crippen LogP) is 4.52. The monoisotopic (exact) mass is 438 g/mol. The van der Waals surface area contributed by atoms with Crippen LogP contribution in [0.15, 0.2) is 16.6 Å². The van der Waals surface area contributed by atoms with Crippen LogP contribution in [0.1, 0.15) is 0 Å². The molecule has 0 radical (unpaired) electrons. The Labute approximate surface area is 109 Å². The van der Waals surface area contributed by atoms with Crippen molar-refractivity contribution < 1.29 is 11.5 Å². The van der Waals surface area contributed by atoms with Crippen molar-refractivity contribution in [2.75, 3.05) is 0 Å². The van der Waals surface area contributed by atoms with E-state index in [0.717, 1.165) is 4.47 Å². The maximum Gasteiger partial charge on any atom is 0.224 e. The van der Waals surface area contributed by atoms with Crippen molar-refractivity contribution in [2.45, 2.75) is 0 Å². The van der Waals surface area contributed by atoms with E-state index in [-0.39, 0.29) is 0 Å². The lowest BCUT2D eigenvalue weighted by Crippen LogP contribution is -1.86. The zero-order chi connectivity index (χ0) is 9.84. The standard InChI is InChI=1S/C6H2Br4O3/c7-3-1-2-4(11-8)6(13-10)5(3)12-9/h1-2H. The predicted molar refractivity (Wildman–Crippen MR) is 62.8 cm³/mol. The van der Waals surface area contributed by atoms with Gasteiger partial charge in [-0.2, -0.15) is 0 Å². The third-order valence-corrected chi connectivity index (χ3v) is 2.89. The van der Waals surface area contributed by atoms with Crippen LogP contribution in [-0.4, -0.2) is 0 Å². The van der Waals surface area contributed by atoms with Gasteiger partial charge in [0.1, 0.15) is 0 Å². The van der Waals surface area contributed by atoms with Crippen molar-refractivity contribution in [2.24, 2.45) is 0 Å². The van der Waals surface area contributed by atoms with Crippen LogP contribution >= 0.6 is 64.7 Å². The molecule has 0 aliphatic carbocycles. The van der Waals surface area contributed by atoms with Gasteiger partial charge in [-0.1, -0.05) is 0 Å². The van der Waals surface area contributed by atoms with Crippen LogP contribution in [0.3, 0.4) is 0 Å². The molecule has 0 heterocycles. The van der Waals surface area contributed by atoms with Gasteiger partial charge in [-0.05, 0) is 28.1 Å². The minimum atomic E-state index is 0.420. The Kier molecular flexibility index (Phi) is 4.85. The summed E-state index contributed by atoms with van der Waals surface area (Å²) in [6.07, 6.45) is 0. The van der Waals surface area contributed by atoms with Crippen LogP contribution in [0.4, 0.5) is 0 Å². The maximum atomic E-state index is 4.92. The van der Waals surface area contributed by atoms with E-state index in [1.165, 1.54) is 0 Å². The summed E-state index contributed by atoms with van der Waals surface area (Å²) in [5, 5.41) is 0. The van der Waals surface area contributed by atoms with Crippen LogP contribution in [0, 0.1) is 0 Å². The van der Waals surface area contributed by atoms with Crippen molar-refractivity contribution in [3.05, 3.63) is 16.6 Å². The lowest BCUT2D eigenvalue weighted by atomic mass is 10.3. The first kappa shape index (κ1) is 11.6. The number of benzene rings is 1. The van der Waals surface area contributed by atoms with E-state index >= 15 is 0 Å². The SMILES string of the molecule is BrOc1ccc(Br)c(OBr)c1OBr. The molecule has 0 atom stereocenters. The minimum absolute atomic E-state index is 0.420. The summed E-state index contributed by atoms with van der Waals surface area (Å²) in [6, 6.07) is 3.48. The van der Waals surface area contributed by atoms with Crippen molar-refractivity contribution >= 4 is 64.7 Å². The second-order valence-corrected chi connectivity index (χ2v) is 3.76. The Morgan fingerprint density at radius 3 is 1.92 bits per heavy atom. The van der Waals surface area contributed by atoms with Gasteiger partial charge in [0, 0.05) is 0 Å². The van der Waals surface area contributed by atoms with Gasteiger partial charge in [0.05, 0.1) is 4.47 Å². The first-order valence-electron chi connectivity index (χ1n) is 2.92. The van der Waals surface area contributed by atoms with E-state index in [9.17, 15) is 0 Å². The molecule has 72 valence electrons. The number of halogens is 4. The second-order valence-electron chi connectivity index (χ2n) is 1.94. The Balaban J connectivity index is 3.27. The summed E-state index contributed by atoms with van der Waals surface area (Å²) >= 11 is 11.8. The Morgan fingerprint density at radius 2 is 1.46 bits per heavy atom. The molecule has 0 aromatic heterocycles. The summed E-state index contributed by atoms with van der Waals surface area (Å²) in [7, 11) is 0. The van der Waals surface area contributed by atoms with Crippen LogP contribution in [0.5, 0.6) is 17.2 Å². The molecular weight excluding hydrogens is 440 g/mol. The number of rotatable bonds is 3. The molecule has 0 saturated carbocycles. The molecule has 0 unspecified atom stereocenters. The zero-order valence-electron chi connectivity index (χ0n) is 5.89. The van der Waals surface area contributed by atoms with E-state index in [1.807, 2.05) is 0 Å². The van der Waals surface area contributed by atoms with E-state index in [1.54, 1.807) is 12.1 Å². The fraction of sp³-hybridized carbons (Fsp3) is 0. The van der Waals surface area contributed by atoms with Crippen molar-refractivity contribution in [3.63, 3.8) is 0 Å². The van der Waals surface area contributed by atoms with Crippen molar-refractivity contribution in [1.29, 1.82) is 0 Å². The third kappa shape index (κ3) is 2.51. The van der Waals surface area contributed by atoms with Gasteiger partial charge in [0.25, 0.3) is 0 Å². The minimum Gasteiger partial charge on any atom is -0.414 e. The second kappa shape index (κ2) is 5.43. The van der Waals surface area contributed by atoms with Gasteiger partial charge in [-0.25, -0.2) is 0 Å². The normalized spacial score (nSPS) is 9.54. The fourth-order valence-electron chi connectivity index (χ4n) is 0.726. The van der Waals surface area contributed by atoms with Crippen molar-refractivity contribution in [3.8, 4) is 17.2 Å². The molecule has 3 nitrogen and oxygen atoms in total. The molecule has 0 spiro atoms. The van der Waals surface area contributed by atoms with Crippen LogP contribution in [0.2, 0.25) is 0 Å². The van der Waals surface area contributed by atoms with Gasteiger partial charge in [0.15, 0.2) is 60.3 Å². The number of hydrogen-bond acceptors (Lipinski definition) is 3. The van der Waals surface area contributed by atoms with Gasteiger partial charge in [-0.15, -0.1) is 0 Å². The highest BCUT2D eigenvalue weighted by Gasteiger charge is 2.15. The molecular formula is C6H2Br4O3. The van der Waals surface area contributed by atoms with E-state index < -0.39 is 0 Å². The highest BCUT2D eigenvalue weighted by molar-refractivity contribution is 9.10. The largest absolute Gasteiger partial charge is 0.414 e. The summed E-state index contributed by atoms with van der Waals surface area (Å²) in [5.41, 5.74) is 0. The van der Waals surface area contributed by atoms with Crippen LogP contribution in [-0.2, 0) is 0 Å². The molecule has 0 N–H and O–H groups in total. The molecule has 1 aromatic carbocycles. The highest BCUT2D eigenvalue weighted by Crippen LogP contribution is 2.44. The molecule has 0 fully saturated rings. The summed E-state index contributed by atoms with van der Waals surface area (Å²) in [5.74, 6) is 1.39. The van der Waals surface area contributed by atoms with Gasteiger partial charge < -0.3 is 11.5 Å². The molecule has 13 heavy (non-hydrogen) atoms. The van der Waals surface area contributed by atoms with E-state index in [2.05, 4.69) is 64.7 Å². The first-order valence-corrected chi connectivity index (χ1v) is 5.66. The summed E-state index contributed by atoms with van der Waals surface area (Å²) in [4.78, 5) is 0. The average Bonchev–Trinajstić information content (AvgIpc) is 2.17. The van der Waals surface area contributed by atoms with Gasteiger partial charge in [-0.3, -0.25) is 0 Å². The summed E-state index contributed by atoms with van der Waals surface area (Å²) in [6.45, 7) is 0. The van der Waals surface area contributed by atoms with E-state index in [4.69, 9.17) is 11.5 Å². The molecule has 0 aliphatic rings. The Hall–Kier alpha value is 0.540. The molecule has 1 aromatic rings. The molecule has 7 heteroatoms. The van der Waals surface area contributed by atoms with Crippen LogP contribution in [0.25, 0.3) is 0 Å². The molecule has 1 rings (SSSR count). The Morgan fingerprint density at radius 1 is 0.846 bits per heavy atom. The molecule has 0 aliphatic heterocycles. The molecule has 0 bridgehead atoms. The quantitative estimate of drug-likeness (QED) is 0.690. The van der Waals surface area contributed by atoms with Crippen LogP contribution < -0.4 is 11.5 Å². The van der Waals surface area contributed by atoms with Crippen molar-refractivity contribution in [1.82, 2.24) is 0 Å². The topological polar surface area (TPSA) is 27.7 Å². The zero-order valence-corrected chi connectivity index (χ0v) is 12.2. The average molecular weight is 442 g/mol. The number of hydrogen-bond donors (Lipinski definition) is 0. The van der Waals surface area contributed by atoms with Gasteiger partial charge in [0.2, 0.25) is 5.75 Å². The lowest BCUT2D eigenvalue weighted by molar-refractivity contribution is 0.557. The van der Waals surface area contributed by atoms with E-state index in [0.29, 0.717) is 17.2 Å². The fourth-order valence-corrected chi connectivity index (χ4v) is 2.22.